The zero-order chi connectivity index (χ0) is 27.6. The van der Waals surface area contributed by atoms with Crippen molar-refractivity contribution in [3.8, 4) is 11.8 Å². The van der Waals surface area contributed by atoms with E-state index in [-0.39, 0.29) is 22.9 Å². The van der Waals surface area contributed by atoms with Gasteiger partial charge in [-0.3, -0.25) is 9.36 Å². The molecule has 0 bridgehead atoms. The molecule has 1 atom stereocenters. The summed E-state index contributed by atoms with van der Waals surface area (Å²) >= 11 is 1.04. The maximum absolute atomic E-state index is 13.9. The van der Waals surface area contributed by atoms with Crippen LogP contribution in [0.2, 0.25) is 0 Å². The zero-order valence-electron chi connectivity index (χ0n) is 21.9. The second-order valence-electron chi connectivity index (χ2n) is 9.65. The molecule has 11 heteroatoms. The minimum absolute atomic E-state index is 0.0163. The minimum atomic E-state index is -1.83. The normalized spacial score (nSPS) is 15.3. The minimum Gasteiger partial charge on any atom is -0.493 e. The summed E-state index contributed by atoms with van der Waals surface area (Å²) in [4.78, 5) is 40.2. The standard InChI is InChI=1S/C27H31N3O7S/c1-5-36-19-9-7-6-8-18(19)20(37-17-10-12-35-13-11-17)15-29-24-22(16(2)21(14-28)38-24)23(31)30(26(29)34)27(3,4)25(32)33/h6-9,17,20H,5,10-13,15H2,1-4H3,(H,32,33). The number of benzene rings is 1. The second-order valence-corrected chi connectivity index (χ2v) is 10.7. The van der Waals surface area contributed by atoms with Gasteiger partial charge in [0.2, 0.25) is 0 Å². The molecule has 1 aliphatic rings. The molecular weight excluding hydrogens is 510 g/mol. The Balaban J connectivity index is 1.96. The van der Waals surface area contributed by atoms with Crippen LogP contribution in [0, 0.1) is 18.3 Å². The highest BCUT2D eigenvalue weighted by Crippen LogP contribution is 2.34. The van der Waals surface area contributed by atoms with Crippen LogP contribution in [0.3, 0.4) is 0 Å². The molecule has 202 valence electrons. The van der Waals surface area contributed by atoms with Gasteiger partial charge in [-0.25, -0.2) is 14.2 Å². The number of aliphatic carboxylic acids is 1. The summed E-state index contributed by atoms with van der Waals surface area (Å²) in [6.07, 6.45) is 0.573. The Kier molecular flexibility index (Phi) is 8.06. The molecule has 1 fully saturated rings. The first-order chi connectivity index (χ1) is 18.1. The van der Waals surface area contributed by atoms with Gasteiger partial charge < -0.3 is 19.3 Å². The van der Waals surface area contributed by atoms with Crippen LogP contribution >= 0.6 is 11.3 Å². The number of fused-ring (bicyclic) bond motifs is 1. The smallest absolute Gasteiger partial charge is 0.333 e. The fraction of sp³-hybridized carbons (Fsp3) is 0.481. The first-order valence-corrected chi connectivity index (χ1v) is 13.3. The van der Waals surface area contributed by atoms with Gasteiger partial charge in [0.05, 0.1) is 24.6 Å². The van der Waals surface area contributed by atoms with Crippen LogP contribution in [0.4, 0.5) is 0 Å². The lowest BCUT2D eigenvalue weighted by Crippen LogP contribution is -2.52. The van der Waals surface area contributed by atoms with E-state index < -0.39 is 28.9 Å². The van der Waals surface area contributed by atoms with Gasteiger partial charge in [0.15, 0.2) is 0 Å². The third-order valence-electron chi connectivity index (χ3n) is 6.84. The SMILES string of the molecule is CCOc1ccccc1C(Cn1c(=O)n(C(C)(C)C(=O)O)c(=O)c2c(C)c(C#N)sc21)OC1CCOCC1. The number of hydrogen-bond donors (Lipinski definition) is 1. The maximum atomic E-state index is 13.9. The van der Waals surface area contributed by atoms with Gasteiger partial charge in [0.1, 0.15) is 33.2 Å². The summed E-state index contributed by atoms with van der Waals surface area (Å²) in [7, 11) is 0. The molecule has 1 aromatic carbocycles. The number of nitriles is 1. The summed E-state index contributed by atoms with van der Waals surface area (Å²) in [6, 6.07) is 9.49. The molecule has 3 aromatic rings. The molecule has 1 unspecified atom stereocenters. The molecule has 3 heterocycles. The molecule has 0 amide bonds. The molecule has 0 aliphatic carbocycles. The molecule has 4 rings (SSSR count). The van der Waals surface area contributed by atoms with Gasteiger partial charge in [-0.15, -0.1) is 11.3 Å². The summed E-state index contributed by atoms with van der Waals surface area (Å²) in [6.45, 7) is 7.65. The lowest BCUT2D eigenvalue weighted by atomic mass is 10.0. The van der Waals surface area contributed by atoms with Crippen LogP contribution in [-0.2, 0) is 26.4 Å². The van der Waals surface area contributed by atoms with Crippen LogP contribution in [0.1, 0.15) is 55.7 Å². The Morgan fingerprint density at radius 2 is 1.97 bits per heavy atom. The second kappa shape index (κ2) is 11.1. The van der Waals surface area contributed by atoms with Gasteiger partial charge in [0.25, 0.3) is 5.56 Å². The predicted octanol–water partition coefficient (Wildman–Crippen LogP) is 3.56. The van der Waals surface area contributed by atoms with Crippen molar-refractivity contribution in [2.75, 3.05) is 19.8 Å². The summed E-state index contributed by atoms with van der Waals surface area (Å²) < 4.78 is 20.0. The fourth-order valence-electron chi connectivity index (χ4n) is 4.66. The number of para-hydroxylation sites is 1. The summed E-state index contributed by atoms with van der Waals surface area (Å²) in [5, 5.41) is 19.7. The lowest BCUT2D eigenvalue weighted by Gasteiger charge is -2.30. The molecule has 1 aliphatic heterocycles. The molecular formula is C27H31N3O7S. The molecule has 1 saturated heterocycles. The maximum Gasteiger partial charge on any atom is 0.333 e. The van der Waals surface area contributed by atoms with E-state index in [9.17, 15) is 24.8 Å². The average Bonchev–Trinajstić information content (AvgIpc) is 3.23. The molecule has 0 saturated carbocycles. The number of aryl methyl sites for hydroxylation is 1. The van der Waals surface area contributed by atoms with Crippen molar-refractivity contribution in [3.05, 3.63) is 61.1 Å². The number of aromatic nitrogens is 2. The van der Waals surface area contributed by atoms with Crippen LogP contribution in [0.15, 0.2) is 33.9 Å². The first-order valence-electron chi connectivity index (χ1n) is 12.5. The van der Waals surface area contributed by atoms with Crippen LogP contribution in [0.25, 0.3) is 10.2 Å². The molecule has 2 aromatic heterocycles. The van der Waals surface area contributed by atoms with Crippen molar-refractivity contribution in [1.29, 1.82) is 5.26 Å². The number of thiophene rings is 1. The van der Waals surface area contributed by atoms with Crippen molar-refractivity contribution >= 4 is 27.5 Å². The van der Waals surface area contributed by atoms with E-state index in [0.717, 1.165) is 21.5 Å². The van der Waals surface area contributed by atoms with Gasteiger partial charge >= 0.3 is 11.7 Å². The van der Waals surface area contributed by atoms with Gasteiger partial charge in [-0.05, 0) is 52.2 Å². The molecule has 38 heavy (non-hydrogen) atoms. The average molecular weight is 542 g/mol. The highest BCUT2D eigenvalue weighted by atomic mass is 32.1. The third kappa shape index (κ3) is 4.99. The van der Waals surface area contributed by atoms with E-state index >= 15 is 0 Å². The summed E-state index contributed by atoms with van der Waals surface area (Å²) in [5.74, 6) is -0.719. The van der Waals surface area contributed by atoms with E-state index in [0.29, 0.717) is 48.8 Å². The highest BCUT2D eigenvalue weighted by Gasteiger charge is 2.36. The quantitative estimate of drug-likeness (QED) is 0.435. The Morgan fingerprint density at radius 3 is 2.61 bits per heavy atom. The topological polar surface area (TPSA) is 133 Å². The lowest BCUT2D eigenvalue weighted by molar-refractivity contribution is -0.146. The van der Waals surface area contributed by atoms with E-state index in [1.807, 2.05) is 31.2 Å². The van der Waals surface area contributed by atoms with Gasteiger partial charge in [-0.2, -0.15) is 5.26 Å². The number of hydrogen-bond acceptors (Lipinski definition) is 8. The Morgan fingerprint density at radius 1 is 1.29 bits per heavy atom. The van der Waals surface area contributed by atoms with E-state index in [1.165, 1.54) is 18.4 Å². The Hall–Kier alpha value is -3.46. The highest BCUT2D eigenvalue weighted by molar-refractivity contribution is 7.19. The Labute approximate surface area is 223 Å². The van der Waals surface area contributed by atoms with Crippen LogP contribution in [-0.4, -0.2) is 46.1 Å². The molecule has 10 nitrogen and oxygen atoms in total. The van der Waals surface area contributed by atoms with Crippen LogP contribution in [0.5, 0.6) is 5.75 Å². The summed E-state index contributed by atoms with van der Waals surface area (Å²) in [5.41, 5.74) is -2.20. The third-order valence-corrected chi connectivity index (χ3v) is 8.06. The van der Waals surface area contributed by atoms with E-state index in [1.54, 1.807) is 6.92 Å². The van der Waals surface area contributed by atoms with Crippen molar-refractivity contribution in [1.82, 2.24) is 9.13 Å². The van der Waals surface area contributed by atoms with E-state index in [4.69, 9.17) is 14.2 Å². The number of carboxylic acids is 1. The molecule has 1 N–H and O–H groups in total. The Bertz CT molecular complexity index is 1510. The van der Waals surface area contributed by atoms with Crippen LogP contribution < -0.4 is 16.0 Å². The first kappa shape index (κ1) is 27.6. The number of carboxylic acid groups (broad SMARTS) is 1. The van der Waals surface area contributed by atoms with Gasteiger partial charge in [0, 0.05) is 18.8 Å². The van der Waals surface area contributed by atoms with Gasteiger partial charge in [-0.1, -0.05) is 18.2 Å². The van der Waals surface area contributed by atoms with Crippen molar-refractivity contribution in [2.45, 2.75) is 64.8 Å². The number of ether oxygens (including phenoxy) is 3. The number of carbonyl (C=O) groups is 1. The molecule has 0 radical (unpaired) electrons. The number of nitrogens with zero attached hydrogens (tertiary/aromatic N) is 3. The van der Waals surface area contributed by atoms with Crippen molar-refractivity contribution in [2.24, 2.45) is 0 Å². The predicted molar refractivity (Wildman–Crippen MR) is 142 cm³/mol. The largest absolute Gasteiger partial charge is 0.493 e. The van der Waals surface area contributed by atoms with Crippen molar-refractivity contribution < 1.29 is 24.1 Å². The van der Waals surface area contributed by atoms with Crippen molar-refractivity contribution in [3.63, 3.8) is 0 Å². The number of rotatable bonds is 9. The zero-order valence-corrected chi connectivity index (χ0v) is 22.7. The monoisotopic (exact) mass is 541 g/mol. The molecule has 0 spiro atoms. The fourth-order valence-corrected chi connectivity index (χ4v) is 5.76. The van der Waals surface area contributed by atoms with E-state index in [2.05, 4.69) is 6.07 Å².